The van der Waals surface area contributed by atoms with E-state index in [9.17, 15) is 14.4 Å². The molecule has 0 bridgehead atoms. The molecular formula is C23H26N2O4. The van der Waals surface area contributed by atoms with Gasteiger partial charge in [0.25, 0.3) is 0 Å². The molecule has 2 aromatic carbocycles. The largest absolute Gasteiger partial charge is 0.462 e. The molecule has 1 heterocycles. The second-order valence-electron chi connectivity index (χ2n) is 7.20. The van der Waals surface area contributed by atoms with Gasteiger partial charge in [-0.15, -0.1) is 0 Å². The molecule has 2 amide bonds. The normalized spacial score (nSPS) is 15.2. The lowest BCUT2D eigenvalue weighted by Gasteiger charge is -2.24. The molecule has 152 valence electrons. The van der Waals surface area contributed by atoms with Crippen LogP contribution in [0.1, 0.15) is 48.5 Å². The monoisotopic (exact) mass is 394 g/mol. The Kier molecular flexibility index (Phi) is 7.00. The molecule has 6 heteroatoms. The number of fused-ring (bicyclic) bond motifs is 1. The first-order chi connectivity index (χ1) is 14.1. The van der Waals surface area contributed by atoms with Crippen molar-refractivity contribution in [3.63, 3.8) is 0 Å². The number of nitrogens with one attached hydrogen (secondary N) is 2. The molecule has 1 aliphatic rings. The first-order valence-electron chi connectivity index (χ1n) is 10.0. The molecule has 0 radical (unpaired) electrons. The molecule has 0 saturated carbocycles. The minimum Gasteiger partial charge on any atom is -0.462 e. The molecule has 0 aromatic heterocycles. The van der Waals surface area contributed by atoms with E-state index in [0.29, 0.717) is 30.7 Å². The van der Waals surface area contributed by atoms with Crippen LogP contribution >= 0.6 is 0 Å². The summed E-state index contributed by atoms with van der Waals surface area (Å²) in [7, 11) is 0. The summed E-state index contributed by atoms with van der Waals surface area (Å²) in [5.41, 5.74) is 3.01. The Morgan fingerprint density at radius 2 is 1.90 bits per heavy atom. The molecule has 2 aromatic rings. The van der Waals surface area contributed by atoms with Crippen LogP contribution in [-0.2, 0) is 20.7 Å². The molecule has 0 fully saturated rings. The summed E-state index contributed by atoms with van der Waals surface area (Å²) in [6.07, 6.45) is 3.18. The van der Waals surface area contributed by atoms with Crippen LogP contribution in [0.25, 0.3) is 0 Å². The zero-order valence-corrected chi connectivity index (χ0v) is 16.6. The Hall–Kier alpha value is -3.15. The lowest BCUT2D eigenvalue weighted by Crippen LogP contribution is -2.30. The van der Waals surface area contributed by atoms with Gasteiger partial charge in [0.05, 0.1) is 12.2 Å². The van der Waals surface area contributed by atoms with Crippen molar-refractivity contribution in [2.75, 3.05) is 17.2 Å². The third-order valence-corrected chi connectivity index (χ3v) is 4.97. The van der Waals surface area contributed by atoms with Crippen molar-refractivity contribution >= 4 is 29.2 Å². The number of benzene rings is 2. The highest BCUT2D eigenvalue weighted by atomic mass is 16.5. The molecule has 1 atom stereocenters. The molecule has 1 aliphatic heterocycles. The quantitative estimate of drug-likeness (QED) is 0.520. The van der Waals surface area contributed by atoms with E-state index in [1.807, 2.05) is 31.2 Å². The average molecular weight is 394 g/mol. The third kappa shape index (κ3) is 5.67. The number of hydrogen-bond acceptors (Lipinski definition) is 4. The van der Waals surface area contributed by atoms with Gasteiger partial charge < -0.3 is 15.4 Å². The van der Waals surface area contributed by atoms with Crippen LogP contribution in [-0.4, -0.2) is 24.4 Å². The Bertz CT molecular complexity index is 877. The van der Waals surface area contributed by atoms with Gasteiger partial charge in [-0.1, -0.05) is 31.5 Å². The first-order valence-corrected chi connectivity index (χ1v) is 10.0. The summed E-state index contributed by atoms with van der Waals surface area (Å²) >= 11 is 0. The minimum absolute atomic E-state index is 0.0394. The van der Waals surface area contributed by atoms with Crippen molar-refractivity contribution < 1.29 is 19.1 Å². The SMILES string of the molecule is CCCCOC(=O)c1ccc(NC(=O)CC[C@@H]2Cc3ccccc3NC2=O)cc1. The Morgan fingerprint density at radius 3 is 2.66 bits per heavy atom. The number of hydrogen-bond donors (Lipinski definition) is 2. The van der Waals surface area contributed by atoms with Crippen LogP contribution in [0.4, 0.5) is 11.4 Å². The molecule has 29 heavy (non-hydrogen) atoms. The molecule has 3 rings (SSSR count). The van der Waals surface area contributed by atoms with Gasteiger partial charge in [0.2, 0.25) is 11.8 Å². The number of carbonyl (C=O) groups is 3. The number of unbranched alkanes of at least 4 members (excludes halogenated alkanes) is 1. The Morgan fingerprint density at radius 1 is 1.14 bits per heavy atom. The zero-order chi connectivity index (χ0) is 20.6. The summed E-state index contributed by atoms with van der Waals surface area (Å²) in [5, 5.41) is 5.72. The maximum atomic E-state index is 12.3. The average Bonchev–Trinajstić information content (AvgIpc) is 2.73. The van der Waals surface area contributed by atoms with Crippen LogP contribution in [0.5, 0.6) is 0 Å². The predicted molar refractivity (Wildman–Crippen MR) is 112 cm³/mol. The van der Waals surface area contributed by atoms with Crippen molar-refractivity contribution in [1.82, 2.24) is 0 Å². The summed E-state index contributed by atoms with van der Waals surface area (Å²) < 4.78 is 5.17. The number of para-hydroxylation sites is 1. The van der Waals surface area contributed by atoms with E-state index in [1.54, 1.807) is 24.3 Å². The van der Waals surface area contributed by atoms with Crippen molar-refractivity contribution in [1.29, 1.82) is 0 Å². The molecular weight excluding hydrogens is 368 g/mol. The van der Waals surface area contributed by atoms with E-state index in [4.69, 9.17) is 4.74 Å². The Balaban J connectivity index is 1.47. The van der Waals surface area contributed by atoms with Gasteiger partial charge >= 0.3 is 5.97 Å². The highest BCUT2D eigenvalue weighted by Gasteiger charge is 2.26. The van der Waals surface area contributed by atoms with Crippen molar-refractivity contribution in [2.24, 2.45) is 5.92 Å². The summed E-state index contributed by atoms with van der Waals surface area (Å²) in [4.78, 5) is 36.4. The van der Waals surface area contributed by atoms with Crippen molar-refractivity contribution in [3.05, 3.63) is 59.7 Å². The standard InChI is InChI=1S/C23H26N2O4/c1-2-3-14-29-23(28)16-8-11-19(12-9-16)24-21(26)13-10-18-15-17-6-4-5-7-20(17)25-22(18)27/h4-9,11-12,18H,2-3,10,13-15H2,1H3,(H,24,26)(H,25,27)/t18-/m1/s1. The van der Waals surface area contributed by atoms with Gasteiger partial charge in [0, 0.05) is 23.7 Å². The van der Waals surface area contributed by atoms with Gasteiger partial charge in [-0.3, -0.25) is 9.59 Å². The lowest BCUT2D eigenvalue weighted by molar-refractivity contribution is -0.121. The highest BCUT2D eigenvalue weighted by molar-refractivity contribution is 5.97. The predicted octanol–water partition coefficient (Wildman–Crippen LogP) is 4.17. The highest BCUT2D eigenvalue weighted by Crippen LogP contribution is 2.27. The maximum absolute atomic E-state index is 12.3. The van der Waals surface area contributed by atoms with E-state index in [2.05, 4.69) is 10.6 Å². The fraction of sp³-hybridized carbons (Fsp3) is 0.348. The minimum atomic E-state index is -0.361. The number of esters is 1. The van der Waals surface area contributed by atoms with Gasteiger partial charge in [-0.25, -0.2) is 4.79 Å². The first kappa shape index (κ1) is 20.6. The summed E-state index contributed by atoms with van der Waals surface area (Å²) in [6.45, 7) is 2.44. The Labute approximate surface area is 170 Å². The maximum Gasteiger partial charge on any atom is 0.338 e. The second kappa shape index (κ2) is 9.87. The second-order valence-corrected chi connectivity index (χ2v) is 7.20. The number of amides is 2. The van der Waals surface area contributed by atoms with Gasteiger partial charge in [-0.2, -0.15) is 0 Å². The number of carbonyl (C=O) groups excluding carboxylic acids is 3. The van der Waals surface area contributed by atoms with E-state index < -0.39 is 0 Å². The van der Waals surface area contributed by atoms with E-state index in [0.717, 1.165) is 24.1 Å². The fourth-order valence-electron chi connectivity index (χ4n) is 3.26. The van der Waals surface area contributed by atoms with Crippen LogP contribution in [0.15, 0.2) is 48.5 Å². The van der Waals surface area contributed by atoms with Crippen LogP contribution in [0.2, 0.25) is 0 Å². The fourth-order valence-corrected chi connectivity index (χ4v) is 3.26. The number of rotatable bonds is 8. The molecule has 2 N–H and O–H groups in total. The molecule has 0 unspecified atom stereocenters. The summed E-state index contributed by atoms with van der Waals surface area (Å²) in [6, 6.07) is 14.4. The van der Waals surface area contributed by atoms with Crippen LogP contribution in [0.3, 0.4) is 0 Å². The van der Waals surface area contributed by atoms with E-state index in [-0.39, 0.29) is 30.1 Å². The van der Waals surface area contributed by atoms with Crippen molar-refractivity contribution in [2.45, 2.75) is 39.0 Å². The zero-order valence-electron chi connectivity index (χ0n) is 16.6. The lowest BCUT2D eigenvalue weighted by atomic mass is 9.89. The molecule has 0 saturated heterocycles. The smallest absolute Gasteiger partial charge is 0.338 e. The van der Waals surface area contributed by atoms with Crippen LogP contribution < -0.4 is 10.6 Å². The number of anilines is 2. The molecule has 0 aliphatic carbocycles. The van der Waals surface area contributed by atoms with Gasteiger partial charge in [-0.05, 0) is 55.2 Å². The van der Waals surface area contributed by atoms with Gasteiger partial charge in [0.1, 0.15) is 0 Å². The molecule has 6 nitrogen and oxygen atoms in total. The van der Waals surface area contributed by atoms with Crippen molar-refractivity contribution in [3.8, 4) is 0 Å². The van der Waals surface area contributed by atoms with E-state index in [1.165, 1.54) is 0 Å². The van der Waals surface area contributed by atoms with Gasteiger partial charge in [0.15, 0.2) is 0 Å². The van der Waals surface area contributed by atoms with Crippen LogP contribution in [0, 0.1) is 5.92 Å². The summed E-state index contributed by atoms with van der Waals surface area (Å²) in [5.74, 6) is -0.770. The van der Waals surface area contributed by atoms with E-state index >= 15 is 0 Å². The topological polar surface area (TPSA) is 84.5 Å². The number of ether oxygens (including phenoxy) is 1. The third-order valence-electron chi connectivity index (χ3n) is 4.97. The molecule has 0 spiro atoms.